The fourth-order valence-corrected chi connectivity index (χ4v) is 3.20. The molecule has 1 aromatic heterocycles. The Morgan fingerprint density at radius 2 is 2.32 bits per heavy atom. The fourth-order valence-electron chi connectivity index (χ4n) is 3.20. The van der Waals surface area contributed by atoms with Crippen LogP contribution < -0.4 is 11.1 Å². The highest BCUT2D eigenvalue weighted by molar-refractivity contribution is 5.76. The van der Waals surface area contributed by atoms with E-state index in [4.69, 9.17) is 5.73 Å². The lowest BCUT2D eigenvalue weighted by atomic mass is 9.99. The maximum Gasteiger partial charge on any atom is 0.242 e. The average molecular weight is 264 g/mol. The number of carbonyl (C=O) groups is 1. The Kier molecular flexibility index (Phi) is 3.37. The molecule has 2 fully saturated rings. The summed E-state index contributed by atoms with van der Waals surface area (Å²) in [5, 5.41) is 7.04. The van der Waals surface area contributed by atoms with Crippen molar-refractivity contribution in [2.75, 3.05) is 18.8 Å². The first-order valence-electron chi connectivity index (χ1n) is 6.91. The van der Waals surface area contributed by atoms with E-state index < -0.39 is 0 Å². The summed E-state index contributed by atoms with van der Waals surface area (Å²) in [7, 11) is 0. The number of hydrogen-bond donors (Lipinski definition) is 2. The number of piperidine rings is 1. The largest absolute Gasteiger partial charge is 0.367 e. The van der Waals surface area contributed by atoms with Crippen molar-refractivity contribution in [2.24, 2.45) is 0 Å². The Morgan fingerprint density at radius 3 is 3.11 bits per heavy atom. The van der Waals surface area contributed by atoms with Crippen molar-refractivity contribution in [3.8, 4) is 0 Å². The van der Waals surface area contributed by atoms with E-state index in [9.17, 15) is 4.79 Å². The third kappa shape index (κ3) is 2.70. The van der Waals surface area contributed by atoms with Gasteiger partial charge in [0.1, 0.15) is 12.9 Å². The number of rotatable bonds is 3. The van der Waals surface area contributed by atoms with E-state index in [-0.39, 0.29) is 24.4 Å². The van der Waals surface area contributed by atoms with Crippen LogP contribution in [-0.2, 0) is 11.3 Å². The summed E-state index contributed by atoms with van der Waals surface area (Å²) in [5.41, 5.74) is 5.42. The Labute approximate surface area is 112 Å². The van der Waals surface area contributed by atoms with Crippen LogP contribution in [0.25, 0.3) is 0 Å². The van der Waals surface area contributed by atoms with Gasteiger partial charge in [0.25, 0.3) is 0 Å². The zero-order valence-corrected chi connectivity index (χ0v) is 11.0. The van der Waals surface area contributed by atoms with Gasteiger partial charge in [-0.3, -0.25) is 9.69 Å². The second-order valence-electron chi connectivity index (χ2n) is 5.36. The summed E-state index contributed by atoms with van der Waals surface area (Å²) in [5.74, 6) is 0.189. The monoisotopic (exact) mass is 264 g/mol. The number of nitrogens with zero attached hydrogens (tertiary/aromatic N) is 4. The molecule has 0 aromatic carbocycles. The number of anilines is 1. The molecule has 2 aliphatic rings. The maximum absolute atomic E-state index is 12.0. The van der Waals surface area contributed by atoms with Gasteiger partial charge in [-0.2, -0.15) is 0 Å². The second-order valence-corrected chi connectivity index (χ2v) is 5.36. The van der Waals surface area contributed by atoms with Gasteiger partial charge < -0.3 is 11.1 Å². The van der Waals surface area contributed by atoms with Crippen LogP contribution in [-0.4, -0.2) is 50.7 Å². The van der Waals surface area contributed by atoms with Gasteiger partial charge in [-0.1, -0.05) is 6.42 Å². The van der Waals surface area contributed by atoms with Crippen molar-refractivity contribution in [2.45, 2.75) is 44.3 Å². The van der Waals surface area contributed by atoms with E-state index in [0.29, 0.717) is 6.04 Å². The normalized spacial score (nSPS) is 27.2. The summed E-state index contributed by atoms with van der Waals surface area (Å²) in [6.07, 6.45) is 6.29. The Balaban J connectivity index is 1.54. The third-order valence-electron chi connectivity index (χ3n) is 4.06. The van der Waals surface area contributed by atoms with Crippen LogP contribution in [0, 0.1) is 0 Å². The highest BCUT2D eigenvalue weighted by Crippen LogP contribution is 2.26. The lowest BCUT2D eigenvalue weighted by Gasteiger charge is -2.32. The van der Waals surface area contributed by atoms with E-state index in [0.717, 1.165) is 13.0 Å². The fraction of sp³-hybridized carbons (Fsp3) is 0.750. The van der Waals surface area contributed by atoms with Crippen molar-refractivity contribution >= 4 is 11.9 Å². The number of carbonyl (C=O) groups excluding carboxylic acids is 1. The summed E-state index contributed by atoms with van der Waals surface area (Å²) in [4.78, 5) is 18.3. The minimum absolute atomic E-state index is 0.0117. The van der Waals surface area contributed by atoms with Crippen LogP contribution in [0.4, 0.5) is 5.95 Å². The van der Waals surface area contributed by atoms with Gasteiger partial charge in [0.05, 0.1) is 0 Å². The molecule has 0 saturated carbocycles. The molecule has 1 aromatic rings. The van der Waals surface area contributed by atoms with Crippen molar-refractivity contribution in [3.05, 3.63) is 6.33 Å². The highest BCUT2D eigenvalue weighted by Gasteiger charge is 2.36. The number of hydrogen-bond acceptors (Lipinski definition) is 5. The minimum Gasteiger partial charge on any atom is -0.367 e. The lowest BCUT2D eigenvalue weighted by molar-refractivity contribution is -0.122. The summed E-state index contributed by atoms with van der Waals surface area (Å²) in [6, 6.07) is 0.812. The van der Waals surface area contributed by atoms with Crippen LogP contribution in [0.2, 0.25) is 0 Å². The molecule has 0 aliphatic carbocycles. The standard InChI is InChI=1S/C12H20N6O/c13-12-14-8-18(16-12)7-11(19)15-9-4-6-17-5-2-1-3-10(9)17/h8-10H,1-7H2,(H2,13,16)(H,15,19). The van der Waals surface area contributed by atoms with Crippen LogP contribution in [0.3, 0.4) is 0 Å². The minimum atomic E-state index is -0.0117. The van der Waals surface area contributed by atoms with Crippen molar-refractivity contribution in [3.63, 3.8) is 0 Å². The Morgan fingerprint density at radius 1 is 1.42 bits per heavy atom. The van der Waals surface area contributed by atoms with Gasteiger partial charge in [-0.25, -0.2) is 9.67 Å². The van der Waals surface area contributed by atoms with Crippen LogP contribution in [0.5, 0.6) is 0 Å². The van der Waals surface area contributed by atoms with Gasteiger partial charge in [0.15, 0.2) is 0 Å². The predicted molar refractivity (Wildman–Crippen MR) is 70.2 cm³/mol. The molecule has 7 heteroatoms. The Bertz CT molecular complexity index is 459. The lowest BCUT2D eigenvalue weighted by Crippen LogP contribution is -2.47. The molecular weight excluding hydrogens is 244 g/mol. The first kappa shape index (κ1) is 12.4. The molecule has 0 spiro atoms. The molecule has 0 bridgehead atoms. The molecule has 3 rings (SSSR count). The molecule has 1 amide bonds. The summed E-state index contributed by atoms with van der Waals surface area (Å²) >= 11 is 0. The smallest absolute Gasteiger partial charge is 0.242 e. The van der Waals surface area contributed by atoms with E-state index in [1.165, 1.54) is 36.8 Å². The van der Waals surface area contributed by atoms with Gasteiger partial charge in [0, 0.05) is 18.6 Å². The van der Waals surface area contributed by atoms with Crippen molar-refractivity contribution in [1.29, 1.82) is 0 Å². The molecular formula is C12H20N6O. The van der Waals surface area contributed by atoms with Crippen molar-refractivity contribution in [1.82, 2.24) is 25.0 Å². The molecule has 2 atom stereocenters. The molecule has 19 heavy (non-hydrogen) atoms. The zero-order chi connectivity index (χ0) is 13.2. The number of nitrogen functional groups attached to an aromatic ring is 1. The van der Waals surface area contributed by atoms with Gasteiger partial charge in [0.2, 0.25) is 11.9 Å². The van der Waals surface area contributed by atoms with Crippen LogP contribution in [0.1, 0.15) is 25.7 Å². The molecule has 7 nitrogen and oxygen atoms in total. The summed E-state index contributed by atoms with van der Waals surface area (Å²) in [6.45, 7) is 2.47. The average Bonchev–Trinajstić information content (AvgIpc) is 2.97. The van der Waals surface area contributed by atoms with Gasteiger partial charge in [-0.05, 0) is 25.8 Å². The number of nitrogens with one attached hydrogen (secondary N) is 1. The third-order valence-corrected chi connectivity index (χ3v) is 4.06. The van der Waals surface area contributed by atoms with Gasteiger partial charge >= 0.3 is 0 Å². The number of fused-ring (bicyclic) bond motifs is 1. The molecule has 2 unspecified atom stereocenters. The molecule has 2 saturated heterocycles. The molecule has 3 heterocycles. The predicted octanol–water partition coefficient (Wildman–Crippen LogP) is -0.397. The first-order chi connectivity index (χ1) is 9.22. The topological polar surface area (TPSA) is 89.1 Å². The molecule has 104 valence electrons. The van der Waals surface area contributed by atoms with E-state index in [2.05, 4.69) is 20.3 Å². The first-order valence-corrected chi connectivity index (χ1v) is 6.91. The van der Waals surface area contributed by atoms with E-state index in [1.807, 2.05) is 0 Å². The SMILES string of the molecule is Nc1ncn(CC(=O)NC2CCN3CCCCC23)n1. The molecule has 0 radical (unpaired) electrons. The van der Waals surface area contributed by atoms with Crippen LogP contribution in [0.15, 0.2) is 6.33 Å². The Hall–Kier alpha value is -1.63. The number of amides is 1. The molecule has 3 N–H and O–H groups in total. The summed E-state index contributed by atoms with van der Waals surface area (Å²) < 4.78 is 1.47. The highest BCUT2D eigenvalue weighted by atomic mass is 16.2. The number of nitrogens with two attached hydrogens (primary N) is 1. The number of aromatic nitrogens is 3. The van der Waals surface area contributed by atoms with Crippen LogP contribution >= 0.6 is 0 Å². The quantitative estimate of drug-likeness (QED) is 0.775. The zero-order valence-electron chi connectivity index (χ0n) is 11.0. The second kappa shape index (κ2) is 5.16. The maximum atomic E-state index is 12.0. The van der Waals surface area contributed by atoms with Gasteiger partial charge in [-0.15, -0.1) is 5.10 Å². The molecule has 2 aliphatic heterocycles. The van der Waals surface area contributed by atoms with E-state index >= 15 is 0 Å². The van der Waals surface area contributed by atoms with Crippen molar-refractivity contribution < 1.29 is 4.79 Å². The van der Waals surface area contributed by atoms with E-state index in [1.54, 1.807) is 0 Å².